The second-order valence-corrected chi connectivity index (χ2v) is 2.13. The zero-order valence-corrected chi connectivity index (χ0v) is 5.76. The van der Waals surface area contributed by atoms with E-state index in [0.29, 0.717) is 0 Å². The molecule has 10 heavy (non-hydrogen) atoms. The fourth-order valence-corrected chi connectivity index (χ4v) is 0.654. The van der Waals surface area contributed by atoms with Crippen LogP contribution in [-0.4, -0.2) is 10.1 Å². The van der Waals surface area contributed by atoms with Crippen molar-refractivity contribution in [1.29, 1.82) is 0 Å². The highest BCUT2D eigenvalue weighted by Crippen LogP contribution is 2.25. The fraction of sp³-hybridized carbons (Fsp3) is 0. The first-order chi connectivity index (χ1) is 4.61. The lowest BCUT2D eigenvalue weighted by molar-refractivity contribution is 0.473. The van der Waals surface area contributed by atoms with E-state index in [-0.39, 0.29) is 22.4 Å². The first kappa shape index (κ1) is 6.95. The molecule has 0 saturated heterocycles. The molecular formula is C5H6ClN3O. The summed E-state index contributed by atoms with van der Waals surface area (Å²) in [4.78, 5) is 3.54. The molecule has 1 aromatic rings. The maximum atomic E-state index is 8.89. The number of aromatic nitrogens is 1. The summed E-state index contributed by atoms with van der Waals surface area (Å²) in [5.41, 5.74) is 10.8. The SMILES string of the molecule is Nc1cc(O)c(Cl)nc1N. The molecule has 1 rings (SSSR count). The predicted octanol–water partition coefficient (Wildman–Crippen LogP) is 0.605. The van der Waals surface area contributed by atoms with E-state index >= 15 is 0 Å². The Kier molecular flexibility index (Phi) is 1.55. The summed E-state index contributed by atoms with van der Waals surface area (Å²) >= 11 is 5.39. The monoisotopic (exact) mass is 159 g/mol. The summed E-state index contributed by atoms with van der Waals surface area (Å²) in [6.45, 7) is 0. The van der Waals surface area contributed by atoms with Crippen LogP contribution >= 0.6 is 11.6 Å². The number of rotatable bonds is 0. The molecule has 0 spiro atoms. The van der Waals surface area contributed by atoms with Crippen LogP contribution in [0.25, 0.3) is 0 Å². The van der Waals surface area contributed by atoms with Crippen LogP contribution in [0.2, 0.25) is 5.15 Å². The van der Waals surface area contributed by atoms with Crippen molar-refractivity contribution in [3.63, 3.8) is 0 Å². The fourth-order valence-electron chi connectivity index (χ4n) is 0.508. The number of aromatic hydroxyl groups is 1. The van der Waals surface area contributed by atoms with Gasteiger partial charge in [-0.2, -0.15) is 0 Å². The molecule has 0 bridgehead atoms. The minimum Gasteiger partial charge on any atom is -0.505 e. The number of nitrogens with two attached hydrogens (primary N) is 2. The summed E-state index contributed by atoms with van der Waals surface area (Å²) in [5.74, 6) is -0.0313. The number of nitrogen functional groups attached to an aromatic ring is 2. The van der Waals surface area contributed by atoms with E-state index in [9.17, 15) is 0 Å². The molecule has 4 nitrogen and oxygen atoms in total. The van der Waals surface area contributed by atoms with E-state index in [0.717, 1.165) is 0 Å². The van der Waals surface area contributed by atoms with Crippen molar-refractivity contribution in [3.8, 4) is 5.75 Å². The number of hydrogen-bond donors (Lipinski definition) is 3. The summed E-state index contributed by atoms with van der Waals surface area (Å²) in [6.07, 6.45) is 0. The van der Waals surface area contributed by atoms with Gasteiger partial charge >= 0.3 is 0 Å². The van der Waals surface area contributed by atoms with Crippen molar-refractivity contribution in [1.82, 2.24) is 4.98 Å². The van der Waals surface area contributed by atoms with Crippen molar-refractivity contribution in [2.75, 3.05) is 11.5 Å². The lowest BCUT2D eigenvalue weighted by atomic mass is 10.4. The van der Waals surface area contributed by atoms with Crippen LogP contribution in [-0.2, 0) is 0 Å². The van der Waals surface area contributed by atoms with Gasteiger partial charge in [-0.05, 0) is 0 Å². The first-order valence-corrected chi connectivity index (χ1v) is 2.89. The summed E-state index contributed by atoms with van der Waals surface area (Å²) in [5, 5.41) is 8.86. The highest BCUT2D eigenvalue weighted by atomic mass is 35.5. The van der Waals surface area contributed by atoms with Gasteiger partial charge in [-0.25, -0.2) is 4.98 Å². The Hall–Kier alpha value is -1.16. The Balaban J connectivity index is 3.28. The number of anilines is 2. The molecule has 0 atom stereocenters. The third-order valence-electron chi connectivity index (χ3n) is 1.02. The van der Waals surface area contributed by atoms with Gasteiger partial charge in [-0.1, -0.05) is 11.6 Å². The molecule has 0 saturated carbocycles. The molecule has 0 unspecified atom stereocenters. The first-order valence-electron chi connectivity index (χ1n) is 2.51. The van der Waals surface area contributed by atoms with Crippen LogP contribution in [0.5, 0.6) is 5.75 Å². The highest BCUT2D eigenvalue weighted by Gasteiger charge is 2.02. The zero-order chi connectivity index (χ0) is 7.72. The number of halogens is 1. The minimum atomic E-state index is -0.159. The average molecular weight is 160 g/mol. The number of hydrogen-bond acceptors (Lipinski definition) is 4. The van der Waals surface area contributed by atoms with Crippen LogP contribution in [0.15, 0.2) is 6.07 Å². The summed E-state index contributed by atoms with van der Waals surface area (Å²) < 4.78 is 0. The van der Waals surface area contributed by atoms with E-state index in [2.05, 4.69) is 4.98 Å². The standard InChI is InChI=1S/C5H6ClN3O/c6-4-3(10)1-2(7)5(8)9-4/h1,10H,7H2,(H2,8,9). The van der Waals surface area contributed by atoms with Gasteiger partial charge in [-0.3, -0.25) is 0 Å². The van der Waals surface area contributed by atoms with Gasteiger partial charge in [0.15, 0.2) is 10.9 Å². The maximum Gasteiger partial charge on any atom is 0.173 e. The lowest BCUT2D eigenvalue weighted by Crippen LogP contribution is -1.97. The molecular weight excluding hydrogens is 154 g/mol. The maximum absolute atomic E-state index is 8.89. The van der Waals surface area contributed by atoms with Crippen LogP contribution < -0.4 is 11.5 Å². The van der Waals surface area contributed by atoms with E-state index in [1.165, 1.54) is 6.07 Å². The van der Waals surface area contributed by atoms with Crippen molar-refractivity contribution >= 4 is 23.1 Å². The van der Waals surface area contributed by atoms with Crippen LogP contribution in [0.3, 0.4) is 0 Å². The zero-order valence-electron chi connectivity index (χ0n) is 5.00. The molecule has 1 heterocycles. The third-order valence-corrected chi connectivity index (χ3v) is 1.30. The molecule has 5 N–H and O–H groups in total. The van der Waals surface area contributed by atoms with Crippen LogP contribution in [0.1, 0.15) is 0 Å². The molecule has 0 amide bonds. The van der Waals surface area contributed by atoms with Crippen molar-refractivity contribution < 1.29 is 5.11 Å². The molecule has 0 aromatic carbocycles. The smallest absolute Gasteiger partial charge is 0.173 e. The van der Waals surface area contributed by atoms with E-state index in [1.807, 2.05) is 0 Å². The van der Waals surface area contributed by atoms with E-state index < -0.39 is 0 Å². The van der Waals surface area contributed by atoms with Gasteiger partial charge in [-0.15, -0.1) is 0 Å². The Labute approximate surface area is 62.4 Å². The molecule has 0 fully saturated rings. The summed E-state index contributed by atoms with van der Waals surface area (Å²) in [6, 6.07) is 1.25. The third kappa shape index (κ3) is 1.06. The van der Waals surface area contributed by atoms with Gasteiger partial charge in [0.05, 0.1) is 5.69 Å². The van der Waals surface area contributed by atoms with Crippen molar-refractivity contribution in [3.05, 3.63) is 11.2 Å². The molecule has 5 heteroatoms. The second-order valence-electron chi connectivity index (χ2n) is 1.77. The molecule has 0 aliphatic carbocycles. The van der Waals surface area contributed by atoms with Crippen LogP contribution in [0, 0.1) is 0 Å². The van der Waals surface area contributed by atoms with Crippen LogP contribution in [0.4, 0.5) is 11.5 Å². The van der Waals surface area contributed by atoms with E-state index in [4.69, 9.17) is 28.2 Å². The lowest BCUT2D eigenvalue weighted by Gasteiger charge is -1.99. The summed E-state index contributed by atoms with van der Waals surface area (Å²) in [7, 11) is 0. The van der Waals surface area contributed by atoms with Gasteiger partial charge in [0.25, 0.3) is 0 Å². The Bertz CT molecular complexity index is 213. The normalized spacial score (nSPS) is 9.70. The van der Waals surface area contributed by atoms with Gasteiger partial charge in [0, 0.05) is 6.07 Å². The van der Waals surface area contributed by atoms with Gasteiger partial charge < -0.3 is 16.6 Å². The van der Waals surface area contributed by atoms with Gasteiger partial charge in [0.1, 0.15) is 5.82 Å². The molecule has 1 aromatic heterocycles. The highest BCUT2D eigenvalue weighted by molar-refractivity contribution is 6.31. The largest absolute Gasteiger partial charge is 0.505 e. The van der Waals surface area contributed by atoms with Gasteiger partial charge in [0.2, 0.25) is 0 Å². The Morgan fingerprint density at radius 3 is 2.60 bits per heavy atom. The molecule has 0 aliphatic rings. The molecule has 0 radical (unpaired) electrons. The van der Waals surface area contributed by atoms with E-state index in [1.54, 1.807) is 0 Å². The second kappa shape index (κ2) is 2.22. The van der Waals surface area contributed by atoms with Crippen molar-refractivity contribution in [2.24, 2.45) is 0 Å². The Morgan fingerprint density at radius 1 is 1.50 bits per heavy atom. The average Bonchev–Trinajstić information content (AvgIpc) is 1.84. The molecule has 0 aliphatic heterocycles. The topological polar surface area (TPSA) is 85.2 Å². The number of pyridine rings is 1. The Morgan fingerprint density at radius 2 is 2.10 bits per heavy atom. The minimum absolute atomic E-state index is 0.0355. The quantitative estimate of drug-likeness (QED) is 0.484. The molecule has 54 valence electrons. The number of nitrogens with zero attached hydrogens (tertiary/aromatic N) is 1. The van der Waals surface area contributed by atoms with Crippen molar-refractivity contribution in [2.45, 2.75) is 0 Å². The predicted molar refractivity (Wildman–Crippen MR) is 39.7 cm³/mol.